The normalized spacial score (nSPS) is 28.3. The van der Waals surface area contributed by atoms with Crippen LogP contribution < -0.4 is 10.6 Å². The van der Waals surface area contributed by atoms with Gasteiger partial charge in [-0.25, -0.2) is 0 Å². The zero-order chi connectivity index (χ0) is 11.5. The van der Waals surface area contributed by atoms with Crippen molar-refractivity contribution in [1.29, 1.82) is 0 Å². The summed E-state index contributed by atoms with van der Waals surface area (Å²) in [4.78, 5) is 10.6. The van der Waals surface area contributed by atoms with Gasteiger partial charge in [0.05, 0.1) is 12.1 Å². The summed E-state index contributed by atoms with van der Waals surface area (Å²) in [5.41, 5.74) is 0. The first-order valence-corrected chi connectivity index (χ1v) is 4.67. The van der Waals surface area contributed by atoms with E-state index >= 15 is 0 Å². The van der Waals surface area contributed by atoms with Crippen molar-refractivity contribution in [2.24, 2.45) is 0 Å². The van der Waals surface area contributed by atoms with E-state index in [1.165, 1.54) is 0 Å². The first kappa shape index (κ1) is 12.3. The molecular weight excluding hydrogens is 213 g/mol. The average molecular weight is 226 g/mol. The molecule has 0 radical (unpaired) electrons. The Bertz CT molecular complexity index is 232. The molecule has 0 aromatic heterocycles. The fraction of sp³-hybridized carbons (Fsp3) is 0.875. The molecule has 1 saturated heterocycles. The molecule has 4 nitrogen and oxygen atoms in total. The van der Waals surface area contributed by atoms with Crippen molar-refractivity contribution in [3.05, 3.63) is 0 Å². The Labute approximate surface area is 84.8 Å². The molecule has 1 fully saturated rings. The number of hydrogen-bond donors (Lipinski definition) is 3. The van der Waals surface area contributed by atoms with Gasteiger partial charge in [-0.2, -0.15) is 13.2 Å². The summed E-state index contributed by atoms with van der Waals surface area (Å²) in [6.45, 7) is 1.03. The lowest BCUT2D eigenvalue weighted by molar-refractivity contribution is -0.175. The molecule has 0 aromatic rings. The molecule has 7 heteroatoms. The van der Waals surface area contributed by atoms with Gasteiger partial charge in [0.15, 0.2) is 0 Å². The minimum Gasteiger partial charge on any atom is -0.391 e. The van der Waals surface area contributed by atoms with Gasteiger partial charge >= 0.3 is 12.1 Å². The Morgan fingerprint density at radius 1 is 1.33 bits per heavy atom. The smallest absolute Gasteiger partial charge is 0.391 e. The van der Waals surface area contributed by atoms with E-state index in [1.54, 1.807) is 5.32 Å². The molecule has 3 N–H and O–H groups in total. The molecule has 0 bridgehead atoms. The summed E-state index contributed by atoms with van der Waals surface area (Å²) in [5.74, 6) is -1.99. The van der Waals surface area contributed by atoms with Crippen LogP contribution in [0.4, 0.5) is 13.2 Å². The van der Waals surface area contributed by atoms with Crippen molar-refractivity contribution in [1.82, 2.24) is 10.6 Å². The number of carbonyl (C=O) groups is 1. The van der Waals surface area contributed by atoms with Gasteiger partial charge in [0.2, 0.25) is 0 Å². The van der Waals surface area contributed by atoms with Crippen LogP contribution in [0, 0.1) is 0 Å². The lowest BCUT2D eigenvalue weighted by atomic mass is 10.1. The van der Waals surface area contributed by atoms with Crippen LogP contribution in [0.2, 0.25) is 0 Å². The molecule has 1 amide bonds. The molecule has 0 spiro atoms. The van der Waals surface area contributed by atoms with Crippen LogP contribution in [-0.4, -0.2) is 42.4 Å². The number of rotatable bonds is 1. The lowest BCUT2D eigenvalue weighted by Gasteiger charge is -2.21. The van der Waals surface area contributed by atoms with Gasteiger partial charge in [-0.05, 0) is 25.9 Å². The van der Waals surface area contributed by atoms with Gasteiger partial charge in [0.25, 0.3) is 0 Å². The third-order valence-electron chi connectivity index (χ3n) is 2.29. The Hall–Kier alpha value is -0.820. The molecule has 2 atom stereocenters. The predicted molar refractivity (Wildman–Crippen MR) is 46.1 cm³/mol. The highest BCUT2D eigenvalue weighted by Gasteiger charge is 2.40. The van der Waals surface area contributed by atoms with Gasteiger partial charge in [-0.1, -0.05) is 0 Å². The second-order valence-electron chi connectivity index (χ2n) is 3.47. The minimum absolute atomic E-state index is 0.295. The molecule has 1 aliphatic heterocycles. The third-order valence-corrected chi connectivity index (χ3v) is 2.29. The van der Waals surface area contributed by atoms with Crippen LogP contribution in [0.25, 0.3) is 0 Å². The molecule has 0 aliphatic carbocycles. The predicted octanol–water partition coefficient (Wildman–Crippen LogP) is -0.222. The fourth-order valence-corrected chi connectivity index (χ4v) is 1.44. The van der Waals surface area contributed by atoms with Crippen LogP contribution >= 0.6 is 0 Å². The van der Waals surface area contributed by atoms with E-state index < -0.39 is 24.2 Å². The Kier molecular flexibility index (Phi) is 3.92. The SMILES string of the molecule is O=C(NC1CCNCCC1O)C(F)(F)F. The molecule has 1 heterocycles. The van der Waals surface area contributed by atoms with Crippen molar-refractivity contribution < 1.29 is 23.1 Å². The number of alkyl halides is 3. The molecule has 15 heavy (non-hydrogen) atoms. The summed E-state index contributed by atoms with van der Waals surface area (Å²) in [6, 6.07) is -0.825. The summed E-state index contributed by atoms with van der Waals surface area (Å²) in [7, 11) is 0. The average Bonchev–Trinajstić information content (AvgIpc) is 2.30. The minimum atomic E-state index is -4.89. The van der Waals surface area contributed by atoms with E-state index in [1.807, 2.05) is 0 Å². The Morgan fingerprint density at radius 2 is 1.93 bits per heavy atom. The number of hydrogen-bond acceptors (Lipinski definition) is 3. The van der Waals surface area contributed by atoms with Crippen molar-refractivity contribution in [3.63, 3.8) is 0 Å². The van der Waals surface area contributed by atoms with E-state index in [2.05, 4.69) is 5.32 Å². The molecular formula is C8H13F3N2O2. The Morgan fingerprint density at radius 3 is 2.53 bits per heavy atom. The number of carbonyl (C=O) groups excluding carboxylic acids is 1. The number of amides is 1. The van der Waals surface area contributed by atoms with Gasteiger partial charge < -0.3 is 15.7 Å². The Balaban J connectivity index is 2.52. The van der Waals surface area contributed by atoms with Crippen molar-refractivity contribution in [2.75, 3.05) is 13.1 Å². The molecule has 1 aliphatic rings. The third kappa shape index (κ3) is 3.67. The van der Waals surface area contributed by atoms with E-state index in [4.69, 9.17) is 0 Å². The van der Waals surface area contributed by atoms with Crippen molar-refractivity contribution in [3.8, 4) is 0 Å². The highest BCUT2D eigenvalue weighted by atomic mass is 19.4. The topological polar surface area (TPSA) is 61.4 Å². The van der Waals surface area contributed by atoms with E-state index in [0.717, 1.165) is 0 Å². The highest BCUT2D eigenvalue weighted by molar-refractivity contribution is 5.82. The monoisotopic (exact) mass is 226 g/mol. The molecule has 2 unspecified atom stereocenters. The van der Waals surface area contributed by atoms with Gasteiger partial charge in [0.1, 0.15) is 0 Å². The summed E-state index contributed by atoms with van der Waals surface area (Å²) < 4.78 is 35.8. The maximum absolute atomic E-state index is 11.9. The summed E-state index contributed by atoms with van der Waals surface area (Å²) in [6.07, 6.45) is -5.18. The number of aliphatic hydroxyl groups excluding tert-OH is 1. The van der Waals surface area contributed by atoms with Crippen LogP contribution in [-0.2, 0) is 4.79 Å². The van der Waals surface area contributed by atoms with Crippen LogP contribution in [0.1, 0.15) is 12.8 Å². The zero-order valence-electron chi connectivity index (χ0n) is 7.97. The van der Waals surface area contributed by atoms with E-state index in [9.17, 15) is 23.1 Å². The molecule has 88 valence electrons. The van der Waals surface area contributed by atoms with Crippen molar-refractivity contribution >= 4 is 5.91 Å². The number of halogens is 3. The fourth-order valence-electron chi connectivity index (χ4n) is 1.44. The van der Waals surface area contributed by atoms with Gasteiger partial charge in [-0.3, -0.25) is 4.79 Å². The van der Waals surface area contributed by atoms with Gasteiger partial charge in [-0.15, -0.1) is 0 Å². The van der Waals surface area contributed by atoms with E-state index in [0.29, 0.717) is 25.9 Å². The molecule has 0 aromatic carbocycles. The molecule has 0 saturated carbocycles. The quantitative estimate of drug-likeness (QED) is 0.579. The van der Waals surface area contributed by atoms with Crippen LogP contribution in [0.5, 0.6) is 0 Å². The summed E-state index contributed by atoms with van der Waals surface area (Å²) in [5, 5.41) is 14.2. The maximum atomic E-state index is 11.9. The molecule has 1 rings (SSSR count). The lowest BCUT2D eigenvalue weighted by Crippen LogP contribution is -2.48. The standard InChI is InChI=1S/C8H13F3N2O2/c9-8(10,11)7(15)13-5-1-3-12-4-2-6(5)14/h5-6,12,14H,1-4H2,(H,13,15). The number of aliphatic hydroxyl groups is 1. The highest BCUT2D eigenvalue weighted by Crippen LogP contribution is 2.16. The second kappa shape index (κ2) is 4.80. The number of nitrogens with one attached hydrogen (secondary N) is 2. The zero-order valence-corrected chi connectivity index (χ0v) is 7.97. The van der Waals surface area contributed by atoms with E-state index in [-0.39, 0.29) is 0 Å². The van der Waals surface area contributed by atoms with Gasteiger partial charge in [0, 0.05) is 0 Å². The largest absolute Gasteiger partial charge is 0.471 e. The van der Waals surface area contributed by atoms with Crippen LogP contribution in [0.15, 0.2) is 0 Å². The second-order valence-corrected chi connectivity index (χ2v) is 3.47. The maximum Gasteiger partial charge on any atom is 0.471 e. The van der Waals surface area contributed by atoms with Crippen LogP contribution in [0.3, 0.4) is 0 Å². The first-order valence-electron chi connectivity index (χ1n) is 4.67. The van der Waals surface area contributed by atoms with Crippen molar-refractivity contribution in [2.45, 2.75) is 31.2 Å². The first-order chi connectivity index (χ1) is 6.91. The summed E-state index contributed by atoms with van der Waals surface area (Å²) >= 11 is 0.